The van der Waals surface area contributed by atoms with E-state index in [1.54, 1.807) is 18.8 Å². The Labute approximate surface area is 145 Å². The van der Waals surface area contributed by atoms with Gasteiger partial charge >= 0.3 is 5.97 Å². The smallest absolute Gasteiger partial charge is 0.334 e. The molecular formula is C20H20O5. The third-order valence-electron chi connectivity index (χ3n) is 6.72. The molecule has 2 aliphatic carbocycles. The van der Waals surface area contributed by atoms with Crippen LogP contribution in [-0.4, -0.2) is 18.4 Å². The quantitative estimate of drug-likeness (QED) is 0.732. The van der Waals surface area contributed by atoms with Crippen LogP contribution >= 0.6 is 0 Å². The molecule has 0 radical (unpaired) electrons. The molecular weight excluding hydrogens is 320 g/mol. The van der Waals surface area contributed by atoms with Gasteiger partial charge in [0.1, 0.15) is 12.7 Å². The molecule has 4 atom stereocenters. The van der Waals surface area contributed by atoms with Crippen molar-refractivity contribution in [2.45, 2.75) is 38.7 Å². The molecule has 1 spiro atoms. The molecule has 3 heterocycles. The number of Topliss-reactive ketones (excluding diaryl/α,β-unsaturated/α-hetero) is 1. The number of carbonyl (C=O) groups is 2. The molecule has 1 saturated carbocycles. The van der Waals surface area contributed by atoms with Gasteiger partial charge in [-0.25, -0.2) is 4.79 Å². The van der Waals surface area contributed by atoms with Crippen LogP contribution in [0.2, 0.25) is 0 Å². The predicted octanol–water partition coefficient (Wildman–Crippen LogP) is 3.48. The van der Waals surface area contributed by atoms with Gasteiger partial charge in [-0.3, -0.25) is 4.79 Å². The summed E-state index contributed by atoms with van der Waals surface area (Å²) in [5.74, 6) is 0.0381. The number of hydrogen-bond donors (Lipinski definition) is 0. The van der Waals surface area contributed by atoms with E-state index in [2.05, 4.69) is 6.92 Å². The Morgan fingerprint density at radius 2 is 2.12 bits per heavy atom. The van der Waals surface area contributed by atoms with Gasteiger partial charge in [0, 0.05) is 34.0 Å². The van der Waals surface area contributed by atoms with Gasteiger partial charge in [-0.1, -0.05) is 13.0 Å². The number of cyclic esters (lactones) is 1. The van der Waals surface area contributed by atoms with Crippen LogP contribution in [0.4, 0.5) is 0 Å². The molecule has 5 rings (SSSR count). The molecule has 2 fully saturated rings. The van der Waals surface area contributed by atoms with Crippen LogP contribution in [0.3, 0.4) is 0 Å². The molecule has 4 aliphatic rings. The van der Waals surface area contributed by atoms with Gasteiger partial charge in [0.25, 0.3) is 0 Å². The summed E-state index contributed by atoms with van der Waals surface area (Å²) in [5.41, 5.74) is 1.68. The standard InChI is InChI=1S/C20H20O5/c1-19-8-16(12-5-6-23-9-12)24-10-14(19)15(21)7-20-11-25-18(22)13(20)3-2-4-17(19)20/h3,5-6,9-10,16-17H,2,4,7-8,11H2,1H3/t16-,17+,19-,20+/m0/s1. The molecule has 1 aromatic rings. The van der Waals surface area contributed by atoms with Crippen molar-refractivity contribution in [1.82, 2.24) is 0 Å². The Balaban J connectivity index is 1.61. The van der Waals surface area contributed by atoms with Crippen LogP contribution in [0.1, 0.15) is 44.3 Å². The number of furan rings is 1. The normalized spacial score (nSPS) is 39.4. The number of carbonyl (C=O) groups excluding carboxylic acids is 2. The average Bonchev–Trinajstić information content (AvgIpc) is 3.23. The molecule has 130 valence electrons. The van der Waals surface area contributed by atoms with Crippen molar-refractivity contribution in [3.05, 3.63) is 47.6 Å². The van der Waals surface area contributed by atoms with Crippen molar-refractivity contribution < 1.29 is 23.5 Å². The Morgan fingerprint density at radius 3 is 2.92 bits per heavy atom. The summed E-state index contributed by atoms with van der Waals surface area (Å²) < 4.78 is 16.5. The van der Waals surface area contributed by atoms with E-state index in [4.69, 9.17) is 13.9 Å². The van der Waals surface area contributed by atoms with Gasteiger partial charge in [-0.2, -0.15) is 0 Å². The monoisotopic (exact) mass is 340 g/mol. The van der Waals surface area contributed by atoms with Gasteiger partial charge in [0.15, 0.2) is 5.78 Å². The van der Waals surface area contributed by atoms with Gasteiger partial charge in [0.05, 0.1) is 18.8 Å². The van der Waals surface area contributed by atoms with E-state index in [0.717, 1.165) is 29.6 Å². The van der Waals surface area contributed by atoms with E-state index in [1.807, 2.05) is 12.1 Å². The van der Waals surface area contributed by atoms with Crippen molar-refractivity contribution in [2.24, 2.45) is 16.7 Å². The zero-order chi connectivity index (χ0) is 17.2. The van der Waals surface area contributed by atoms with E-state index in [9.17, 15) is 9.59 Å². The molecule has 2 aliphatic heterocycles. The molecule has 5 heteroatoms. The van der Waals surface area contributed by atoms with Crippen LogP contribution in [0.15, 0.2) is 46.5 Å². The molecule has 5 nitrogen and oxygen atoms in total. The van der Waals surface area contributed by atoms with E-state index in [0.29, 0.717) is 19.4 Å². The van der Waals surface area contributed by atoms with Gasteiger partial charge in [-0.15, -0.1) is 0 Å². The number of allylic oxidation sites excluding steroid dienone is 2. The maximum atomic E-state index is 13.0. The first kappa shape index (κ1) is 15.0. The highest BCUT2D eigenvalue weighted by atomic mass is 16.5. The fourth-order valence-electron chi connectivity index (χ4n) is 5.57. The van der Waals surface area contributed by atoms with Crippen molar-refractivity contribution in [3.63, 3.8) is 0 Å². The van der Waals surface area contributed by atoms with Crippen LogP contribution in [0.5, 0.6) is 0 Å². The first-order chi connectivity index (χ1) is 12.0. The fourth-order valence-corrected chi connectivity index (χ4v) is 5.57. The minimum absolute atomic E-state index is 0.0792. The number of ketones is 1. The minimum Gasteiger partial charge on any atom is -0.493 e. The number of esters is 1. The van der Waals surface area contributed by atoms with Crippen molar-refractivity contribution in [3.8, 4) is 0 Å². The molecule has 0 amide bonds. The minimum atomic E-state index is -0.462. The van der Waals surface area contributed by atoms with Crippen LogP contribution in [0, 0.1) is 16.7 Å². The first-order valence-corrected chi connectivity index (χ1v) is 8.84. The average molecular weight is 340 g/mol. The third kappa shape index (κ3) is 1.84. The summed E-state index contributed by atoms with van der Waals surface area (Å²) in [4.78, 5) is 25.2. The fraction of sp³-hybridized carbons (Fsp3) is 0.500. The number of fused-ring (bicyclic) bond motifs is 2. The summed E-state index contributed by atoms with van der Waals surface area (Å²) in [7, 11) is 0. The van der Waals surface area contributed by atoms with Gasteiger partial charge < -0.3 is 13.9 Å². The summed E-state index contributed by atoms with van der Waals surface area (Å²) in [6.07, 6.45) is 9.71. The predicted molar refractivity (Wildman–Crippen MR) is 87.2 cm³/mol. The molecule has 0 aromatic carbocycles. The lowest BCUT2D eigenvalue weighted by Gasteiger charge is -2.55. The lowest BCUT2D eigenvalue weighted by Crippen LogP contribution is -2.53. The molecule has 1 aromatic heterocycles. The second kappa shape index (κ2) is 4.87. The molecule has 1 saturated heterocycles. The molecule has 0 unspecified atom stereocenters. The van der Waals surface area contributed by atoms with E-state index in [1.165, 1.54) is 0 Å². The lowest BCUT2D eigenvalue weighted by atomic mass is 9.47. The highest BCUT2D eigenvalue weighted by molar-refractivity contribution is 6.02. The number of hydrogen-bond acceptors (Lipinski definition) is 5. The third-order valence-corrected chi connectivity index (χ3v) is 6.72. The largest absolute Gasteiger partial charge is 0.493 e. The Morgan fingerprint density at radius 1 is 1.24 bits per heavy atom. The second-order valence-corrected chi connectivity index (χ2v) is 7.91. The Hall–Kier alpha value is -2.30. The highest BCUT2D eigenvalue weighted by Crippen LogP contribution is 2.64. The van der Waals surface area contributed by atoms with Crippen molar-refractivity contribution in [1.29, 1.82) is 0 Å². The maximum Gasteiger partial charge on any atom is 0.334 e. The van der Waals surface area contributed by atoms with E-state index >= 15 is 0 Å². The highest BCUT2D eigenvalue weighted by Gasteiger charge is 2.64. The molecule has 25 heavy (non-hydrogen) atoms. The maximum absolute atomic E-state index is 13.0. The molecule has 0 bridgehead atoms. The summed E-state index contributed by atoms with van der Waals surface area (Å²) in [5, 5.41) is 0. The Kier molecular flexibility index (Phi) is 2.92. The molecule has 0 N–H and O–H groups in total. The summed E-state index contributed by atoms with van der Waals surface area (Å²) in [6.45, 7) is 2.48. The van der Waals surface area contributed by atoms with Crippen LogP contribution < -0.4 is 0 Å². The van der Waals surface area contributed by atoms with Crippen LogP contribution in [0.25, 0.3) is 0 Å². The zero-order valence-electron chi connectivity index (χ0n) is 14.1. The van der Waals surface area contributed by atoms with Crippen molar-refractivity contribution in [2.75, 3.05) is 6.61 Å². The van der Waals surface area contributed by atoms with Crippen molar-refractivity contribution >= 4 is 11.8 Å². The van der Waals surface area contributed by atoms with Crippen LogP contribution in [-0.2, 0) is 19.1 Å². The summed E-state index contributed by atoms with van der Waals surface area (Å²) in [6, 6.07) is 1.90. The first-order valence-electron chi connectivity index (χ1n) is 8.84. The Bertz CT molecular complexity index is 817. The van der Waals surface area contributed by atoms with Gasteiger partial charge in [-0.05, 0) is 31.2 Å². The lowest BCUT2D eigenvalue weighted by molar-refractivity contribution is -0.136. The van der Waals surface area contributed by atoms with E-state index < -0.39 is 5.41 Å². The summed E-state index contributed by atoms with van der Waals surface area (Å²) >= 11 is 0. The second-order valence-electron chi connectivity index (χ2n) is 7.91. The van der Waals surface area contributed by atoms with Gasteiger partial charge in [0.2, 0.25) is 0 Å². The topological polar surface area (TPSA) is 65.7 Å². The number of ether oxygens (including phenoxy) is 2. The SMILES string of the molecule is C[C@]12C[C@@H](c3ccoc3)OC=C1C(=O)C[C@@]13COC(=O)C1=CCC[C@@H]32. The number of rotatable bonds is 1. The zero-order valence-corrected chi connectivity index (χ0v) is 14.1. The van der Waals surface area contributed by atoms with E-state index in [-0.39, 0.29) is 29.2 Å².